The first-order valence-corrected chi connectivity index (χ1v) is 6.39. The summed E-state index contributed by atoms with van der Waals surface area (Å²) in [5, 5.41) is 0. The molecule has 0 radical (unpaired) electrons. The predicted molar refractivity (Wildman–Crippen MR) is 62.6 cm³/mol. The van der Waals surface area contributed by atoms with E-state index in [0.717, 1.165) is 0 Å². The summed E-state index contributed by atoms with van der Waals surface area (Å²) in [4.78, 5) is 0. The SMILES string of the molecule is CC(C)(N)CNS(=O)(=O)CCCC(F)(F)F.Cl. The molecule has 0 bridgehead atoms. The van der Waals surface area contributed by atoms with Gasteiger partial charge in [0.1, 0.15) is 0 Å². The fourth-order valence-electron chi connectivity index (χ4n) is 0.831. The third-order valence-corrected chi connectivity index (χ3v) is 3.03. The number of sulfonamides is 1. The molecule has 0 aromatic rings. The molecule has 0 aliphatic carbocycles. The van der Waals surface area contributed by atoms with Crippen LogP contribution in [-0.2, 0) is 10.0 Å². The molecule has 0 heterocycles. The lowest BCUT2D eigenvalue weighted by atomic mass is 10.1. The van der Waals surface area contributed by atoms with E-state index < -0.39 is 40.3 Å². The van der Waals surface area contributed by atoms with Crippen LogP contribution in [0.4, 0.5) is 13.2 Å². The van der Waals surface area contributed by atoms with Crippen molar-refractivity contribution in [1.29, 1.82) is 0 Å². The normalized spacial score (nSPS) is 13.3. The van der Waals surface area contributed by atoms with E-state index in [1.807, 2.05) is 0 Å². The quantitative estimate of drug-likeness (QED) is 0.779. The Hall–Kier alpha value is -0.0500. The Kier molecular flexibility index (Phi) is 7.68. The molecule has 3 N–H and O–H groups in total. The van der Waals surface area contributed by atoms with E-state index in [9.17, 15) is 21.6 Å². The third kappa shape index (κ3) is 13.9. The summed E-state index contributed by atoms with van der Waals surface area (Å²) in [6.45, 7) is 3.23. The Bertz CT molecular complexity index is 312. The van der Waals surface area contributed by atoms with Crippen LogP contribution < -0.4 is 10.5 Å². The van der Waals surface area contributed by atoms with E-state index in [2.05, 4.69) is 4.72 Å². The summed E-state index contributed by atoms with van der Waals surface area (Å²) in [5.74, 6) is -0.539. The fraction of sp³-hybridized carbons (Fsp3) is 1.00. The van der Waals surface area contributed by atoms with Crippen molar-refractivity contribution < 1.29 is 21.6 Å². The van der Waals surface area contributed by atoms with Crippen LogP contribution in [0.2, 0.25) is 0 Å². The van der Waals surface area contributed by atoms with Gasteiger partial charge in [0, 0.05) is 18.5 Å². The molecule has 0 spiro atoms. The van der Waals surface area contributed by atoms with Gasteiger partial charge in [-0.3, -0.25) is 0 Å². The van der Waals surface area contributed by atoms with Gasteiger partial charge in [0.15, 0.2) is 0 Å². The number of hydrogen-bond acceptors (Lipinski definition) is 3. The Morgan fingerprint density at radius 1 is 1.24 bits per heavy atom. The van der Waals surface area contributed by atoms with Crippen LogP contribution in [0.25, 0.3) is 0 Å². The van der Waals surface area contributed by atoms with Gasteiger partial charge in [-0.05, 0) is 20.3 Å². The summed E-state index contributed by atoms with van der Waals surface area (Å²) in [5.41, 5.74) is 4.81. The van der Waals surface area contributed by atoms with E-state index in [-0.39, 0.29) is 19.0 Å². The minimum Gasteiger partial charge on any atom is -0.324 e. The highest BCUT2D eigenvalue weighted by Crippen LogP contribution is 2.21. The van der Waals surface area contributed by atoms with Gasteiger partial charge in [-0.25, -0.2) is 13.1 Å². The number of nitrogens with one attached hydrogen (secondary N) is 1. The van der Waals surface area contributed by atoms with Crippen LogP contribution in [0.1, 0.15) is 26.7 Å². The molecule has 0 aromatic heterocycles. The summed E-state index contributed by atoms with van der Waals surface area (Å²) >= 11 is 0. The van der Waals surface area contributed by atoms with Gasteiger partial charge in [-0.15, -0.1) is 12.4 Å². The summed E-state index contributed by atoms with van der Waals surface area (Å²) in [6, 6.07) is 0. The minimum atomic E-state index is -4.32. The Balaban J connectivity index is 0. The lowest BCUT2D eigenvalue weighted by Gasteiger charge is -2.18. The fourth-order valence-corrected chi connectivity index (χ4v) is 2.09. The molecule has 17 heavy (non-hydrogen) atoms. The molecule has 0 atom stereocenters. The highest BCUT2D eigenvalue weighted by molar-refractivity contribution is 7.89. The van der Waals surface area contributed by atoms with Crippen molar-refractivity contribution in [3.63, 3.8) is 0 Å². The van der Waals surface area contributed by atoms with Crippen LogP contribution in [0.3, 0.4) is 0 Å². The van der Waals surface area contributed by atoms with Gasteiger partial charge in [-0.2, -0.15) is 13.2 Å². The maximum Gasteiger partial charge on any atom is 0.389 e. The van der Waals surface area contributed by atoms with Gasteiger partial charge in [0.25, 0.3) is 0 Å². The van der Waals surface area contributed by atoms with Gasteiger partial charge in [-0.1, -0.05) is 0 Å². The second-order valence-electron chi connectivity index (χ2n) is 4.35. The molecule has 0 saturated carbocycles. The first-order valence-electron chi connectivity index (χ1n) is 4.74. The molecule has 0 saturated heterocycles. The van der Waals surface area contributed by atoms with Crippen molar-refractivity contribution in [3.05, 3.63) is 0 Å². The zero-order valence-electron chi connectivity index (χ0n) is 9.67. The molecule has 0 aromatic carbocycles. The van der Waals surface area contributed by atoms with E-state index in [1.165, 1.54) is 0 Å². The van der Waals surface area contributed by atoms with Crippen LogP contribution in [0.15, 0.2) is 0 Å². The average molecular weight is 299 g/mol. The van der Waals surface area contributed by atoms with Crippen LogP contribution in [0.5, 0.6) is 0 Å². The number of nitrogens with two attached hydrogens (primary N) is 1. The Morgan fingerprint density at radius 3 is 2.06 bits per heavy atom. The molecule has 0 rings (SSSR count). The van der Waals surface area contributed by atoms with Crippen molar-refractivity contribution in [3.8, 4) is 0 Å². The van der Waals surface area contributed by atoms with Gasteiger partial charge in [0.2, 0.25) is 10.0 Å². The largest absolute Gasteiger partial charge is 0.389 e. The maximum atomic E-state index is 11.8. The smallest absolute Gasteiger partial charge is 0.324 e. The summed E-state index contributed by atoms with van der Waals surface area (Å²) in [7, 11) is -3.67. The molecule has 4 nitrogen and oxygen atoms in total. The third-order valence-electron chi connectivity index (χ3n) is 1.62. The maximum absolute atomic E-state index is 11.8. The molecule has 0 fully saturated rings. The zero-order valence-corrected chi connectivity index (χ0v) is 11.3. The molecule has 0 aliphatic rings. The molecule has 0 unspecified atom stereocenters. The topological polar surface area (TPSA) is 72.2 Å². The van der Waals surface area contributed by atoms with Crippen LogP contribution in [0, 0.1) is 0 Å². The Labute approximate surface area is 106 Å². The number of halogens is 4. The van der Waals surface area contributed by atoms with E-state index in [4.69, 9.17) is 5.73 Å². The van der Waals surface area contributed by atoms with Gasteiger partial charge < -0.3 is 5.73 Å². The minimum absolute atomic E-state index is 0. The average Bonchev–Trinajstić information content (AvgIpc) is 1.97. The molecule has 106 valence electrons. The second kappa shape index (κ2) is 6.77. The lowest BCUT2D eigenvalue weighted by molar-refractivity contribution is -0.134. The standard InChI is InChI=1S/C8H17F3N2O2S.ClH/c1-7(2,12)6-13-16(14,15)5-3-4-8(9,10)11;/h13H,3-6,12H2,1-2H3;1H. The summed E-state index contributed by atoms with van der Waals surface area (Å²) in [6.07, 6.45) is -5.85. The second-order valence-corrected chi connectivity index (χ2v) is 6.27. The number of rotatable bonds is 6. The van der Waals surface area contributed by atoms with Crippen molar-refractivity contribution in [2.24, 2.45) is 5.73 Å². The molecule has 9 heteroatoms. The highest BCUT2D eigenvalue weighted by atomic mass is 35.5. The van der Waals surface area contributed by atoms with Crippen molar-refractivity contribution >= 4 is 22.4 Å². The van der Waals surface area contributed by atoms with E-state index in [0.29, 0.717) is 0 Å². The van der Waals surface area contributed by atoms with Crippen LogP contribution in [-0.4, -0.2) is 32.4 Å². The molecular formula is C8H18ClF3N2O2S. The number of alkyl halides is 3. The van der Waals surface area contributed by atoms with Gasteiger partial charge in [0.05, 0.1) is 5.75 Å². The first kappa shape index (κ1) is 19.3. The molecular weight excluding hydrogens is 281 g/mol. The van der Waals surface area contributed by atoms with E-state index in [1.54, 1.807) is 13.8 Å². The summed E-state index contributed by atoms with van der Waals surface area (Å²) < 4.78 is 59.9. The lowest BCUT2D eigenvalue weighted by Crippen LogP contribution is -2.45. The highest BCUT2D eigenvalue weighted by Gasteiger charge is 2.27. The van der Waals surface area contributed by atoms with Crippen LogP contribution >= 0.6 is 12.4 Å². The number of hydrogen-bond donors (Lipinski definition) is 2. The van der Waals surface area contributed by atoms with Crippen molar-refractivity contribution in [1.82, 2.24) is 4.72 Å². The molecule has 0 amide bonds. The van der Waals surface area contributed by atoms with Crippen molar-refractivity contribution in [2.45, 2.75) is 38.4 Å². The molecule has 0 aliphatic heterocycles. The Morgan fingerprint density at radius 2 is 1.71 bits per heavy atom. The van der Waals surface area contributed by atoms with E-state index >= 15 is 0 Å². The monoisotopic (exact) mass is 298 g/mol. The van der Waals surface area contributed by atoms with Gasteiger partial charge >= 0.3 is 6.18 Å². The zero-order chi connectivity index (χ0) is 13.0. The van der Waals surface area contributed by atoms with Crippen molar-refractivity contribution in [2.75, 3.05) is 12.3 Å². The predicted octanol–water partition coefficient (Wildman–Crippen LogP) is 1.41. The first-order chi connectivity index (χ1) is 6.91.